The third kappa shape index (κ3) is 6.96. The molecule has 4 heterocycles. The van der Waals surface area contributed by atoms with Gasteiger partial charge in [0, 0.05) is 61.9 Å². The molecule has 2 aliphatic heterocycles. The Labute approximate surface area is 249 Å². The molecule has 1 aromatic carbocycles. The quantitative estimate of drug-likeness (QED) is 0.266. The monoisotopic (exact) mass is 626 g/mol. The molecule has 5 rings (SSSR count). The van der Waals surface area contributed by atoms with Crippen LogP contribution < -0.4 is 10.2 Å². The molecule has 3 aromatic rings. The Bertz CT molecular complexity index is 1430. The smallest absolute Gasteiger partial charge is 0.417 e. The van der Waals surface area contributed by atoms with E-state index in [2.05, 4.69) is 27.1 Å². The van der Waals surface area contributed by atoms with Gasteiger partial charge in [0.15, 0.2) is 16.8 Å². The lowest BCUT2D eigenvalue weighted by Gasteiger charge is -2.36. The van der Waals surface area contributed by atoms with E-state index in [0.717, 1.165) is 30.3 Å². The maximum atomic E-state index is 15.7. The van der Waals surface area contributed by atoms with E-state index in [1.54, 1.807) is 6.07 Å². The van der Waals surface area contributed by atoms with E-state index in [9.17, 15) is 18.0 Å². The Kier molecular flexibility index (Phi) is 9.21. The minimum atomic E-state index is -4.62. The third-order valence-electron chi connectivity index (χ3n) is 7.73. The van der Waals surface area contributed by atoms with Crippen molar-refractivity contribution in [2.45, 2.75) is 44.9 Å². The van der Waals surface area contributed by atoms with Crippen LogP contribution in [-0.4, -0.2) is 76.2 Å². The maximum absolute atomic E-state index is 15.7. The number of benzene rings is 1. The second kappa shape index (κ2) is 12.7. The lowest BCUT2D eigenvalue weighted by Crippen LogP contribution is -2.47. The van der Waals surface area contributed by atoms with Crippen molar-refractivity contribution in [2.75, 3.05) is 49.5 Å². The Hall–Kier alpha value is -3.00. The topological polar surface area (TPSA) is 84.8 Å². The van der Waals surface area contributed by atoms with Gasteiger partial charge in [-0.3, -0.25) is 14.6 Å². The summed E-state index contributed by atoms with van der Waals surface area (Å²) in [4.78, 5) is 26.6. The van der Waals surface area contributed by atoms with Crippen molar-refractivity contribution >= 4 is 45.5 Å². The van der Waals surface area contributed by atoms with E-state index in [-0.39, 0.29) is 22.8 Å². The van der Waals surface area contributed by atoms with Crippen LogP contribution in [0, 0.1) is 5.82 Å². The molecule has 2 saturated heterocycles. The Morgan fingerprint density at radius 1 is 1.19 bits per heavy atom. The number of piperazine rings is 1. The van der Waals surface area contributed by atoms with E-state index in [4.69, 9.17) is 16.7 Å². The number of hydrogen-bond donors (Lipinski definition) is 2. The molecule has 0 unspecified atom stereocenters. The van der Waals surface area contributed by atoms with Gasteiger partial charge in [0.2, 0.25) is 0 Å². The van der Waals surface area contributed by atoms with Gasteiger partial charge in [-0.25, -0.2) is 14.4 Å². The van der Waals surface area contributed by atoms with Crippen molar-refractivity contribution in [1.82, 2.24) is 19.8 Å². The molecule has 8 nitrogen and oxygen atoms in total. The molecule has 42 heavy (non-hydrogen) atoms. The zero-order chi connectivity index (χ0) is 30.0. The van der Waals surface area contributed by atoms with Crippen LogP contribution in [0.25, 0.3) is 11.3 Å². The van der Waals surface area contributed by atoms with Crippen molar-refractivity contribution in [3.8, 4) is 11.3 Å². The second-order valence-electron chi connectivity index (χ2n) is 10.5. The molecule has 0 spiro atoms. The van der Waals surface area contributed by atoms with Gasteiger partial charge in [-0.1, -0.05) is 29.0 Å². The fraction of sp³-hybridized carbons (Fsp3) is 0.464. The number of hydrogen-bond acceptors (Lipinski definition) is 8. The van der Waals surface area contributed by atoms with Crippen LogP contribution in [0.15, 0.2) is 30.5 Å². The molecule has 14 heteroatoms. The number of likely N-dealkylation sites (tertiary alicyclic amines) is 1. The molecule has 0 radical (unpaired) electrons. The summed E-state index contributed by atoms with van der Waals surface area (Å²) in [5, 5.41) is 11.8. The van der Waals surface area contributed by atoms with Gasteiger partial charge in [-0.05, 0) is 44.5 Å². The number of aliphatic carboxylic acids is 1. The van der Waals surface area contributed by atoms with Gasteiger partial charge in [0.05, 0.1) is 28.4 Å². The third-order valence-corrected chi connectivity index (χ3v) is 9.01. The number of pyridine rings is 1. The number of carbonyl (C=O) groups is 1. The van der Waals surface area contributed by atoms with Gasteiger partial charge in [0.1, 0.15) is 0 Å². The average Bonchev–Trinajstić information content (AvgIpc) is 3.54. The zero-order valence-corrected chi connectivity index (χ0v) is 24.5. The van der Waals surface area contributed by atoms with E-state index in [1.807, 2.05) is 9.80 Å². The van der Waals surface area contributed by atoms with Crippen molar-refractivity contribution in [1.29, 1.82) is 0 Å². The van der Waals surface area contributed by atoms with Gasteiger partial charge < -0.3 is 15.3 Å². The van der Waals surface area contributed by atoms with Crippen LogP contribution in [0.4, 0.5) is 34.2 Å². The molecule has 1 atom stereocenters. The molecule has 0 amide bonds. The predicted octanol–water partition coefficient (Wildman–Crippen LogP) is 6.34. The second-order valence-corrected chi connectivity index (χ2v) is 12.0. The number of aromatic nitrogens is 2. The normalized spacial score (nSPS) is 18.5. The van der Waals surface area contributed by atoms with Crippen LogP contribution in [0.1, 0.15) is 36.6 Å². The lowest BCUT2D eigenvalue weighted by molar-refractivity contribution is -0.138. The van der Waals surface area contributed by atoms with E-state index in [1.165, 1.54) is 29.7 Å². The average molecular weight is 627 g/mol. The highest BCUT2D eigenvalue weighted by atomic mass is 35.5. The Morgan fingerprint density at radius 3 is 2.62 bits per heavy atom. The summed E-state index contributed by atoms with van der Waals surface area (Å²) >= 11 is 7.13. The molecular weight excluding hydrogens is 596 g/mol. The zero-order valence-electron chi connectivity index (χ0n) is 22.9. The summed E-state index contributed by atoms with van der Waals surface area (Å²) in [6.07, 6.45) is -1.00. The highest BCUT2D eigenvalue weighted by molar-refractivity contribution is 7.16. The number of thiazole rings is 1. The molecule has 226 valence electrons. The molecule has 2 fully saturated rings. The minimum Gasteiger partial charge on any atom is -0.481 e. The Morgan fingerprint density at radius 2 is 1.95 bits per heavy atom. The van der Waals surface area contributed by atoms with Crippen LogP contribution in [-0.2, 0) is 17.5 Å². The van der Waals surface area contributed by atoms with E-state index >= 15 is 4.39 Å². The summed E-state index contributed by atoms with van der Waals surface area (Å²) in [6, 6.07) is 5.66. The summed E-state index contributed by atoms with van der Waals surface area (Å²) in [5.74, 6) is -1.45. The number of anilines is 3. The number of alkyl halides is 3. The van der Waals surface area contributed by atoms with E-state index < -0.39 is 23.5 Å². The molecule has 2 aliphatic rings. The van der Waals surface area contributed by atoms with E-state index in [0.29, 0.717) is 61.8 Å². The van der Waals surface area contributed by atoms with Crippen molar-refractivity contribution < 1.29 is 27.5 Å². The van der Waals surface area contributed by atoms with Gasteiger partial charge in [-0.15, -0.1) is 0 Å². The molecule has 2 N–H and O–H groups in total. The molecule has 0 aliphatic carbocycles. The number of nitrogens with one attached hydrogen (secondary N) is 1. The first kappa shape index (κ1) is 30.5. The van der Waals surface area contributed by atoms with Gasteiger partial charge in [0.25, 0.3) is 0 Å². The number of halogens is 5. The summed E-state index contributed by atoms with van der Waals surface area (Å²) in [7, 11) is 0. The van der Waals surface area contributed by atoms with Crippen LogP contribution in [0.2, 0.25) is 5.02 Å². The highest BCUT2D eigenvalue weighted by Crippen LogP contribution is 2.40. The number of rotatable bonds is 9. The number of nitrogens with zero attached hydrogens (tertiary/aromatic N) is 5. The van der Waals surface area contributed by atoms with Crippen LogP contribution in [0.5, 0.6) is 0 Å². The summed E-state index contributed by atoms with van der Waals surface area (Å²) < 4.78 is 56.6. The lowest BCUT2D eigenvalue weighted by atomic mass is 10.1. The predicted molar refractivity (Wildman–Crippen MR) is 155 cm³/mol. The van der Waals surface area contributed by atoms with Crippen molar-refractivity contribution in [3.63, 3.8) is 0 Å². The molecule has 0 saturated carbocycles. The Balaban J connectivity index is 1.40. The van der Waals surface area contributed by atoms with Gasteiger partial charge >= 0.3 is 12.1 Å². The fourth-order valence-electron chi connectivity index (χ4n) is 5.37. The molecule has 2 aromatic heterocycles. The summed E-state index contributed by atoms with van der Waals surface area (Å²) in [5.41, 5.74) is 0.0903. The first-order valence-corrected chi connectivity index (χ1v) is 14.9. The van der Waals surface area contributed by atoms with Crippen LogP contribution >= 0.6 is 22.9 Å². The standard InChI is InChI=1S/C28H31ClF4N6O2S/c1-17-3-2-9-39(17)16-22-25(18-4-5-20(29)19(15-18)28(31,32)33)35-27(42-22)36-26-24(30)21(6-8-34-26)38-13-11-37(12-14-38)10-7-23(40)41/h4-6,8,15,17H,2-3,7,9-14,16H2,1H3,(H,40,41)(H,34,35,36)/t17-/m1/s1. The highest BCUT2D eigenvalue weighted by Gasteiger charge is 2.34. The van der Waals surface area contributed by atoms with Crippen molar-refractivity contribution in [2.24, 2.45) is 0 Å². The fourth-order valence-corrected chi connectivity index (χ4v) is 6.61. The summed E-state index contributed by atoms with van der Waals surface area (Å²) in [6.45, 7) is 6.19. The maximum Gasteiger partial charge on any atom is 0.417 e. The number of carboxylic acid groups (broad SMARTS) is 1. The molecule has 0 bridgehead atoms. The minimum absolute atomic E-state index is 0.0331. The van der Waals surface area contributed by atoms with Crippen LogP contribution in [0.3, 0.4) is 0 Å². The molecular formula is C28H31ClF4N6O2S. The first-order valence-electron chi connectivity index (χ1n) is 13.7. The van der Waals surface area contributed by atoms with Gasteiger partial charge in [-0.2, -0.15) is 13.2 Å². The SMILES string of the molecule is C[C@@H]1CCCN1Cc1sc(Nc2nccc(N3CCN(CCC(=O)O)CC3)c2F)nc1-c1ccc(Cl)c(C(F)(F)F)c1. The largest absolute Gasteiger partial charge is 0.481 e. The first-order chi connectivity index (χ1) is 20.0. The number of carboxylic acids is 1. The van der Waals surface area contributed by atoms with Crippen molar-refractivity contribution in [3.05, 3.63) is 51.7 Å².